The zero-order valence-electron chi connectivity index (χ0n) is 25.9. The van der Waals surface area contributed by atoms with Crippen molar-refractivity contribution < 1.29 is 19.1 Å². The molecule has 0 saturated carbocycles. The highest BCUT2D eigenvalue weighted by Gasteiger charge is 2.22. The first-order valence-corrected chi connectivity index (χ1v) is 15.3. The minimum absolute atomic E-state index is 0.00423. The summed E-state index contributed by atoms with van der Waals surface area (Å²) < 4.78 is 14.1. The largest absolute Gasteiger partial charge is 0.508 e. The number of nitrogens with zero attached hydrogens (tertiary/aromatic N) is 3. The highest BCUT2D eigenvalue weighted by atomic mass is 16.5. The van der Waals surface area contributed by atoms with Gasteiger partial charge in [-0.25, -0.2) is 4.98 Å². The summed E-state index contributed by atoms with van der Waals surface area (Å²) in [5, 5.41) is 10.7. The van der Waals surface area contributed by atoms with Gasteiger partial charge in [0.15, 0.2) is 0 Å². The average Bonchev–Trinajstić information content (AvgIpc) is 3.77. The molecule has 0 aliphatic heterocycles. The van der Waals surface area contributed by atoms with Crippen LogP contribution in [-0.4, -0.2) is 36.5 Å². The number of carbonyl (C=O) groups is 1. The monoisotopic (exact) mass is 610 g/mol. The smallest absolute Gasteiger partial charge is 0.270 e. The summed E-state index contributed by atoms with van der Waals surface area (Å²) in [6.07, 6.45) is 0. The fraction of sp³-hybridized carbons (Fsp3) is 0.158. The third-order valence-electron chi connectivity index (χ3n) is 8.11. The number of aromatic nitrogens is 3. The molecule has 0 fully saturated rings. The summed E-state index contributed by atoms with van der Waals surface area (Å²) in [6.45, 7) is 6.91. The molecule has 3 aromatic heterocycles. The number of amides is 1. The van der Waals surface area contributed by atoms with E-state index in [9.17, 15) is 9.90 Å². The second kappa shape index (κ2) is 12.0. The minimum Gasteiger partial charge on any atom is -0.508 e. The number of phenols is 1. The van der Waals surface area contributed by atoms with Crippen molar-refractivity contribution in [2.45, 2.75) is 39.9 Å². The molecule has 8 heteroatoms. The summed E-state index contributed by atoms with van der Waals surface area (Å²) in [5.74, 6) is 3.93. The molecule has 4 aromatic carbocycles. The molecule has 46 heavy (non-hydrogen) atoms. The Hall–Kier alpha value is -5.76. The molecule has 230 valence electrons. The number of hydrogen-bond acceptors (Lipinski definition) is 5. The first-order chi connectivity index (χ1) is 22.3. The van der Waals surface area contributed by atoms with Crippen LogP contribution in [0.25, 0.3) is 33.3 Å². The van der Waals surface area contributed by atoms with Crippen LogP contribution in [0.3, 0.4) is 0 Å². The highest BCUT2D eigenvalue weighted by molar-refractivity contribution is 5.98. The predicted octanol–water partition coefficient (Wildman–Crippen LogP) is 8.68. The van der Waals surface area contributed by atoms with Gasteiger partial charge >= 0.3 is 0 Å². The maximum atomic E-state index is 13.5. The van der Waals surface area contributed by atoms with Gasteiger partial charge in [0.2, 0.25) is 0 Å². The molecular formula is C38H34N4O4. The number of nitrogens with one attached hydrogen (secondary N) is 1. The van der Waals surface area contributed by atoms with E-state index in [1.165, 1.54) is 0 Å². The number of rotatable bonds is 9. The Morgan fingerprint density at radius 3 is 2.43 bits per heavy atom. The number of H-pyrrole nitrogens is 1. The number of aryl methyl sites for hydroxylation is 1. The van der Waals surface area contributed by atoms with Gasteiger partial charge in [0.05, 0.1) is 17.6 Å². The molecule has 3 heterocycles. The molecule has 7 rings (SSSR count). The van der Waals surface area contributed by atoms with Crippen molar-refractivity contribution in [2.24, 2.45) is 0 Å². The number of carbonyl (C=O) groups excluding carboxylic acids is 1. The van der Waals surface area contributed by atoms with Crippen LogP contribution in [0.2, 0.25) is 0 Å². The Balaban J connectivity index is 1.11. The normalized spacial score (nSPS) is 11.5. The number of para-hydroxylation sites is 2. The van der Waals surface area contributed by atoms with Crippen LogP contribution in [-0.2, 0) is 13.1 Å². The Morgan fingerprint density at radius 2 is 1.70 bits per heavy atom. The van der Waals surface area contributed by atoms with Crippen molar-refractivity contribution in [3.05, 3.63) is 132 Å². The van der Waals surface area contributed by atoms with Crippen molar-refractivity contribution in [3.8, 4) is 28.6 Å². The fourth-order valence-electron chi connectivity index (χ4n) is 5.71. The van der Waals surface area contributed by atoms with Crippen LogP contribution in [0.4, 0.5) is 0 Å². The lowest BCUT2D eigenvalue weighted by atomic mass is 10.1. The van der Waals surface area contributed by atoms with Gasteiger partial charge in [0, 0.05) is 35.1 Å². The summed E-state index contributed by atoms with van der Waals surface area (Å²) in [5.41, 5.74) is 5.32. The molecule has 1 amide bonds. The molecule has 0 radical (unpaired) electrons. The number of hydrogen-bond donors (Lipinski definition) is 2. The molecular weight excluding hydrogens is 576 g/mol. The summed E-state index contributed by atoms with van der Waals surface area (Å²) >= 11 is 0. The van der Waals surface area contributed by atoms with Gasteiger partial charge in [-0.05, 0) is 105 Å². The second-order valence-electron chi connectivity index (χ2n) is 11.8. The Kier molecular flexibility index (Phi) is 7.54. The highest BCUT2D eigenvalue weighted by Crippen LogP contribution is 2.31. The third-order valence-corrected chi connectivity index (χ3v) is 8.11. The van der Waals surface area contributed by atoms with E-state index < -0.39 is 0 Å². The van der Waals surface area contributed by atoms with E-state index in [4.69, 9.17) is 14.1 Å². The average molecular weight is 611 g/mol. The van der Waals surface area contributed by atoms with E-state index in [-0.39, 0.29) is 17.7 Å². The summed E-state index contributed by atoms with van der Waals surface area (Å²) in [7, 11) is 0. The molecule has 0 atom stereocenters. The van der Waals surface area contributed by atoms with Crippen LogP contribution in [0.5, 0.6) is 17.2 Å². The van der Waals surface area contributed by atoms with E-state index in [2.05, 4.69) is 15.6 Å². The minimum atomic E-state index is -0.0882. The first kappa shape index (κ1) is 29.0. The van der Waals surface area contributed by atoms with Crippen LogP contribution in [0, 0.1) is 6.92 Å². The zero-order valence-corrected chi connectivity index (χ0v) is 25.9. The number of furan rings is 1. The maximum Gasteiger partial charge on any atom is 0.270 e. The van der Waals surface area contributed by atoms with E-state index in [1.54, 1.807) is 17.0 Å². The number of imidazole rings is 1. The van der Waals surface area contributed by atoms with Gasteiger partial charge in [-0.15, -0.1) is 0 Å². The molecule has 0 saturated heterocycles. The van der Waals surface area contributed by atoms with E-state index >= 15 is 0 Å². The van der Waals surface area contributed by atoms with Crippen molar-refractivity contribution in [3.63, 3.8) is 0 Å². The fourth-order valence-corrected chi connectivity index (χ4v) is 5.71. The van der Waals surface area contributed by atoms with Gasteiger partial charge in [-0.1, -0.05) is 24.3 Å². The van der Waals surface area contributed by atoms with Crippen molar-refractivity contribution >= 4 is 27.8 Å². The Labute approximate surface area is 266 Å². The van der Waals surface area contributed by atoms with Crippen LogP contribution >= 0.6 is 0 Å². The standard InChI is InChI=1S/C38H34N4O4/c1-24(2)41(23-32-16-8-25(3)45-32)38(44)35-20-28-13-19-31(21-34(28)39-35)46-30-17-11-27(12-18-30)37-40-33-6-4-5-7-36(33)42(37)22-26-9-14-29(43)15-10-26/h4-21,24,39,43H,22-23H2,1-3H3. The van der Waals surface area contributed by atoms with Gasteiger partial charge < -0.3 is 28.7 Å². The van der Waals surface area contributed by atoms with Crippen LogP contribution in [0.15, 0.2) is 114 Å². The summed E-state index contributed by atoms with van der Waals surface area (Å²) in [6, 6.07) is 34.7. The number of aromatic hydroxyl groups is 1. The first-order valence-electron chi connectivity index (χ1n) is 15.3. The molecule has 7 aromatic rings. The lowest BCUT2D eigenvalue weighted by Gasteiger charge is -2.25. The summed E-state index contributed by atoms with van der Waals surface area (Å²) in [4.78, 5) is 23.5. The van der Waals surface area contributed by atoms with E-state index in [0.29, 0.717) is 30.3 Å². The van der Waals surface area contributed by atoms with E-state index in [1.807, 2.05) is 112 Å². The molecule has 0 bridgehead atoms. The third kappa shape index (κ3) is 5.85. The molecule has 2 N–H and O–H groups in total. The maximum absolute atomic E-state index is 13.5. The number of ether oxygens (including phenoxy) is 1. The predicted molar refractivity (Wildman–Crippen MR) is 179 cm³/mol. The van der Waals surface area contributed by atoms with Crippen LogP contribution in [0.1, 0.15) is 41.4 Å². The number of fused-ring (bicyclic) bond motifs is 2. The lowest BCUT2D eigenvalue weighted by Crippen LogP contribution is -2.36. The molecule has 8 nitrogen and oxygen atoms in total. The molecule has 0 aliphatic carbocycles. The van der Waals surface area contributed by atoms with Crippen molar-refractivity contribution in [1.82, 2.24) is 19.4 Å². The Bertz CT molecular complexity index is 2150. The van der Waals surface area contributed by atoms with Crippen molar-refractivity contribution in [2.75, 3.05) is 0 Å². The van der Waals surface area contributed by atoms with Gasteiger partial charge in [0.1, 0.15) is 40.3 Å². The van der Waals surface area contributed by atoms with Gasteiger partial charge in [-0.3, -0.25) is 4.79 Å². The van der Waals surface area contributed by atoms with Crippen LogP contribution < -0.4 is 4.74 Å². The van der Waals surface area contributed by atoms with Crippen molar-refractivity contribution in [1.29, 1.82) is 0 Å². The Morgan fingerprint density at radius 1 is 0.935 bits per heavy atom. The lowest BCUT2D eigenvalue weighted by molar-refractivity contribution is 0.0670. The second-order valence-corrected chi connectivity index (χ2v) is 11.8. The van der Waals surface area contributed by atoms with Gasteiger partial charge in [-0.2, -0.15) is 0 Å². The topological polar surface area (TPSA) is 96.5 Å². The van der Waals surface area contributed by atoms with E-state index in [0.717, 1.165) is 50.4 Å². The molecule has 0 unspecified atom stereocenters. The quantitative estimate of drug-likeness (QED) is 0.170. The molecule has 0 spiro atoms. The number of aromatic amines is 1. The van der Waals surface area contributed by atoms with Gasteiger partial charge in [0.25, 0.3) is 5.91 Å². The zero-order chi connectivity index (χ0) is 31.8. The molecule has 0 aliphatic rings. The number of phenolic OH excluding ortho intramolecular Hbond substituents is 1. The SMILES string of the molecule is Cc1ccc(CN(C(=O)c2cc3ccc(Oc4ccc(-c5nc6ccccc6n5Cc5ccc(O)cc5)cc4)cc3[nH]2)C(C)C)o1. The number of benzene rings is 4.